The van der Waals surface area contributed by atoms with Gasteiger partial charge in [-0.15, -0.1) is 0 Å². The number of hydrogen-bond donors (Lipinski definition) is 2. The topological polar surface area (TPSA) is 110 Å². The normalized spacial score (nSPS) is 11.0. The molecule has 2 amide bonds. The summed E-state index contributed by atoms with van der Waals surface area (Å²) in [4.78, 5) is 23.7. The monoisotopic (exact) mass is 361 g/mol. The van der Waals surface area contributed by atoms with E-state index in [1.165, 1.54) is 19.2 Å². The highest BCUT2D eigenvalue weighted by Crippen LogP contribution is 2.21. The summed E-state index contributed by atoms with van der Waals surface area (Å²) in [5.41, 5.74) is 7.51. The number of anilines is 2. The molecule has 25 heavy (non-hydrogen) atoms. The molecule has 0 aromatic heterocycles. The minimum Gasteiger partial charge on any atom is -0.366 e. The van der Waals surface area contributed by atoms with Crippen molar-refractivity contribution in [3.8, 4) is 0 Å². The smallest absolute Gasteiger partial charge is 0.255 e. The number of nitrogens with zero attached hydrogens (tertiary/aromatic N) is 1. The van der Waals surface area contributed by atoms with E-state index in [0.29, 0.717) is 28.1 Å². The third kappa shape index (κ3) is 4.16. The predicted octanol–water partition coefficient (Wildman–Crippen LogP) is 1.74. The first-order chi connectivity index (χ1) is 11.6. The van der Waals surface area contributed by atoms with E-state index in [9.17, 15) is 18.0 Å². The SMILES string of the molecule is Cc1c(NC(=O)c2ccc(N(C)S(C)(=O)=O)cc2)cccc1C(N)=O. The van der Waals surface area contributed by atoms with Crippen molar-refractivity contribution in [3.63, 3.8) is 0 Å². The maximum absolute atomic E-state index is 12.4. The fraction of sp³-hybridized carbons (Fsp3) is 0.176. The largest absolute Gasteiger partial charge is 0.366 e. The summed E-state index contributed by atoms with van der Waals surface area (Å²) < 4.78 is 24.2. The second kappa shape index (κ2) is 6.94. The molecule has 0 unspecified atom stereocenters. The Balaban J connectivity index is 2.23. The molecule has 7 nitrogen and oxygen atoms in total. The van der Waals surface area contributed by atoms with E-state index in [-0.39, 0.29) is 5.91 Å². The summed E-state index contributed by atoms with van der Waals surface area (Å²) in [5.74, 6) is -0.944. The van der Waals surface area contributed by atoms with Crippen LogP contribution in [0.2, 0.25) is 0 Å². The number of carbonyl (C=O) groups is 2. The van der Waals surface area contributed by atoms with Gasteiger partial charge in [0.15, 0.2) is 0 Å². The van der Waals surface area contributed by atoms with Gasteiger partial charge in [0.2, 0.25) is 15.9 Å². The van der Waals surface area contributed by atoms with E-state index < -0.39 is 15.9 Å². The van der Waals surface area contributed by atoms with Gasteiger partial charge in [0.05, 0.1) is 11.9 Å². The Hall–Kier alpha value is -2.87. The summed E-state index contributed by atoms with van der Waals surface area (Å²) in [6.07, 6.45) is 1.10. The molecule has 0 fully saturated rings. The average Bonchev–Trinajstić information content (AvgIpc) is 2.55. The van der Waals surface area contributed by atoms with Crippen LogP contribution >= 0.6 is 0 Å². The zero-order valence-corrected chi connectivity index (χ0v) is 14.9. The molecule has 0 aliphatic carbocycles. The van der Waals surface area contributed by atoms with Crippen molar-refractivity contribution in [2.24, 2.45) is 5.73 Å². The number of benzene rings is 2. The molecular weight excluding hydrogens is 342 g/mol. The fourth-order valence-corrected chi connectivity index (χ4v) is 2.75. The molecular formula is C17H19N3O4S. The molecule has 0 aliphatic heterocycles. The number of primary amides is 1. The van der Waals surface area contributed by atoms with E-state index in [1.807, 2.05) is 0 Å². The van der Waals surface area contributed by atoms with Crippen LogP contribution in [0, 0.1) is 6.92 Å². The van der Waals surface area contributed by atoms with E-state index in [2.05, 4.69) is 5.32 Å². The van der Waals surface area contributed by atoms with Crippen molar-refractivity contribution in [1.82, 2.24) is 0 Å². The molecule has 0 saturated carbocycles. The molecule has 0 saturated heterocycles. The highest BCUT2D eigenvalue weighted by atomic mass is 32.2. The minimum absolute atomic E-state index is 0.336. The first kappa shape index (κ1) is 18.5. The van der Waals surface area contributed by atoms with Gasteiger partial charge in [0, 0.05) is 23.9 Å². The predicted molar refractivity (Wildman–Crippen MR) is 97.3 cm³/mol. The maximum Gasteiger partial charge on any atom is 0.255 e. The molecule has 8 heteroatoms. The van der Waals surface area contributed by atoms with Crippen LogP contribution in [0.5, 0.6) is 0 Å². The Labute approximate surface area is 146 Å². The molecule has 132 valence electrons. The molecule has 0 bridgehead atoms. The number of carbonyl (C=O) groups excluding carboxylic acids is 2. The van der Waals surface area contributed by atoms with Gasteiger partial charge in [-0.2, -0.15) is 0 Å². The summed E-state index contributed by atoms with van der Waals surface area (Å²) in [6, 6.07) is 11.0. The summed E-state index contributed by atoms with van der Waals surface area (Å²) >= 11 is 0. The van der Waals surface area contributed by atoms with Gasteiger partial charge < -0.3 is 11.1 Å². The maximum atomic E-state index is 12.4. The van der Waals surface area contributed by atoms with Gasteiger partial charge in [-0.25, -0.2) is 8.42 Å². The van der Waals surface area contributed by atoms with Crippen LogP contribution in [0.1, 0.15) is 26.3 Å². The van der Waals surface area contributed by atoms with Gasteiger partial charge >= 0.3 is 0 Å². The van der Waals surface area contributed by atoms with Crippen molar-refractivity contribution >= 4 is 33.2 Å². The van der Waals surface area contributed by atoms with Crippen LogP contribution < -0.4 is 15.4 Å². The standard InChI is InChI=1S/C17H19N3O4S/c1-11-14(16(18)21)5-4-6-15(11)19-17(22)12-7-9-13(10-8-12)20(2)25(3,23)24/h4-10H,1-3H3,(H2,18,21)(H,19,22). The number of hydrogen-bond acceptors (Lipinski definition) is 4. The van der Waals surface area contributed by atoms with Crippen LogP contribution in [0.15, 0.2) is 42.5 Å². The molecule has 0 spiro atoms. The van der Waals surface area contributed by atoms with Gasteiger partial charge in [0.25, 0.3) is 5.91 Å². The first-order valence-electron chi connectivity index (χ1n) is 7.36. The molecule has 2 rings (SSSR count). The van der Waals surface area contributed by atoms with Crippen molar-refractivity contribution in [1.29, 1.82) is 0 Å². The summed E-state index contributed by atoms with van der Waals surface area (Å²) in [6.45, 7) is 1.69. The lowest BCUT2D eigenvalue weighted by atomic mass is 10.1. The van der Waals surface area contributed by atoms with E-state index in [4.69, 9.17) is 5.73 Å². The lowest BCUT2D eigenvalue weighted by Gasteiger charge is -2.17. The Morgan fingerprint density at radius 3 is 2.20 bits per heavy atom. The molecule has 3 N–H and O–H groups in total. The molecule has 0 atom stereocenters. The zero-order valence-electron chi connectivity index (χ0n) is 14.1. The van der Waals surface area contributed by atoms with Crippen LogP contribution in [0.3, 0.4) is 0 Å². The van der Waals surface area contributed by atoms with Gasteiger partial charge in [-0.05, 0) is 48.9 Å². The first-order valence-corrected chi connectivity index (χ1v) is 9.21. The van der Waals surface area contributed by atoms with Crippen molar-refractivity contribution in [2.45, 2.75) is 6.92 Å². The van der Waals surface area contributed by atoms with Crippen LogP contribution in [0.25, 0.3) is 0 Å². The fourth-order valence-electron chi connectivity index (χ4n) is 2.25. The molecule has 0 radical (unpaired) electrons. The van der Waals surface area contributed by atoms with Gasteiger partial charge in [-0.3, -0.25) is 13.9 Å². The van der Waals surface area contributed by atoms with Gasteiger partial charge in [-0.1, -0.05) is 6.07 Å². The number of nitrogens with one attached hydrogen (secondary N) is 1. The van der Waals surface area contributed by atoms with Crippen molar-refractivity contribution < 1.29 is 18.0 Å². The highest BCUT2D eigenvalue weighted by Gasteiger charge is 2.14. The Kier molecular flexibility index (Phi) is 5.13. The molecule has 0 heterocycles. The summed E-state index contributed by atoms with van der Waals surface area (Å²) in [7, 11) is -1.93. The quantitative estimate of drug-likeness (QED) is 0.845. The van der Waals surface area contributed by atoms with E-state index >= 15 is 0 Å². The summed E-state index contributed by atoms with van der Waals surface area (Å²) in [5, 5.41) is 2.72. The number of rotatable bonds is 5. The van der Waals surface area contributed by atoms with E-state index in [1.54, 1.807) is 37.3 Å². The van der Waals surface area contributed by atoms with Gasteiger partial charge in [0.1, 0.15) is 0 Å². The number of sulfonamides is 1. The zero-order chi connectivity index (χ0) is 18.8. The Morgan fingerprint density at radius 2 is 1.68 bits per heavy atom. The molecule has 0 aliphatic rings. The lowest BCUT2D eigenvalue weighted by Crippen LogP contribution is -2.24. The average molecular weight is 361 g/mol. The second-order valence-electron chi connectivity index (χ2n) is 5.57. The van der Waals surface area contributed by atoms with Crippen molar-refractivity contribution in [3.05, 3.63) is 59.2 Å². The van der Waals surface area contributed by atoms with Crippen LogP contribution in [-0.2, 0) is 10.0 Å². The van der Waals surface area contributed by atoms with Crippen LogP contribution in [0.4, 0.5) is 11.4 Å². The number of nitrogens with two attached hydrogens (primary N) is 1. The minimum atomic E-state index is -3.37. The Bertz CT molecular complexity index is 921. The number of amides is 2. The molecule has 2 aromatic carbocycles. The Morgan fingerprint density at radius 1 is 1.08 bits per heavy atom. The third-order valence-corrected chi connectivity index (χ3v) is 5.04. The molecule has 2 aromatic rings. The van der Waals surface area contributed by atoms with Crippen molar-refractivity contribution in [2.75, 3.05) is 22.9 Å². The third-order valence-electron chi connectivity index (χ3n) is 3.84. The lowest BCUT2D eigenvalue weighted by molar-refractivity contribution is 0.0995. The van der Waals surface area contributed by atoms with Crippen LogP contribution in [-0.4, -0.2) is 33.5 Å². The van der Waals surface area contributed by atoms with E-state index in [0.717, 1.165) is 10.6 Å². The highest BCUT2D eigenvalue weighted by molar-refractivity contribution is 7.92. The second-order valence-corrected chi connectivity index (χ2v) is 7.59.